The Morgan fingerprint density at radius 1 is 1.14 bits per heavy atom. The van der Waals surface area contributed by atoms with Crippen molar-refractivity contribution >= 4 is 5.91 Å². The molecule has 0 aromatic heterocycles. The van der Waals surface area contributed by atoms with Crippen molar-refractivity contribution in [3.05, 3.63) is 0 Å². The number of likely N-dealkylation sites (tertiary alicyclic amines) is 2. The molecule has 6 heteroatoms. The van der Waals surface area contributed by atoms with E-state index >= 15 is 0 Å². The van der Waals surface area contributed by atoms with Crippen LogP contribution in [0.4, 0.5) is 0 Å². The van der Waals surface area contributed by atoms with E-state index in [2.05, 4.69) is 4.90 Å². The Morgan fingerprint density at radius 3 is 2.45 bits per heavy atom. The van der Waals surface area contributed by atoms with Crippen LogP contribution in [0.25, 0.3) is 0 Å². The number of hydrogen-bond acceptors (Lipinski definition) is 5. The number of carbonyl (C=O) groups excluding carboxylic acids is 1. The summed E-state index contributed by atoms with van der Waals surface area (Å²) in [5.74, 6) is 0.111. The van der Waals surface area contributed by atoms with Crippen LogP contribution in [0.2, 0.25) is 0 Å². The fourth-order valence-electron chi connectivity index (χ4n) is 3.89. The summed E-state index contributed by atoms with van der Waals surface area (Å²) < 4.78 is 15.6. The van der Waals surface area contributed by atoms with Gasteiger partial charge in [0.25, 0.3) is 0 Å². The van der Waals surface area contributed by atoms with Crippen molar-refractivity contribution in [3.63, 3.8) is 0 Å². The summed E-state index contributed by atoms with van der Waals surface area (Å²) in [5, 5.41) is 0. The molecular formula is C16H30N2O4. The predicted molar refractivity (Wildman–Crippen MR) is 83.9 cm³/mol. The fraction of sp³-hybridized carbons (Fsp3) is 0.938. The van der Waals surface area contributed by atoms with Crippen LogP contribution in [0, 0.1) is 5.41 Å². The molecule has 2 heterocycles. The van der Waals surface area contributed by atoms with Gasteiger partial charge >= 0.3 is 0 Å². The number of methoxy groups -OCH3 is 3. The van der Waals surface area contributed by atoms with Gasteiger partial charge in [-0.1, -0.05) is 0 Å². The summed E-state index contributed by atoms with van der Waals surface area (Å²) in [6.45, 7) is 5.47. The standard InChI is InChI=1S/C16H30N2O4/c1-20-9-8-18-13-16(10-14(18)11-21-2)4-6-17(7-5-16)15(19)12-22-3/h14H,4-13H2,1-3H3/t14-/m1/s1. The zero-order valence-corrected chi connectivity index (χ0v) is 14.2. The van der Waals surface area contributed by atoms with Crippen LogP contribution in [0.3, 0.4) is 0 Å². The summed E-state index contributed by atoms with van der Waals surface area (Å²) in [5.41, 5.74) is 0.334. The molecule has 1 amide bonds. The number of amides is 1. The minimum atomic E-state index is 0.111. The molecule has 0 unspecified atom stereocenters. The second-order valence-electron chi connectivity index (χ2n) is 6.59. The minimum Gasteiger partial charge on any atom is -0.383 e. The van der Waals surface area contributed by atoms with Crippen LogP contribution in [-0.2, 0) is 19.0 Å². The fourth-order valence-corrected chi connectivity index (χ4v) is 3.89. The van der Waals surface area contributed by atoms with E-state index in [9.17, 15) is 4.79 Å². The van der Waals surface area contributed by atoms with Crippen LogP contribution in [0.5, 0.6) is 0 Å². The first-order valence-corrected chi connectivity index (χ1v) is 8.13. The molecule has 2 rings (SSSR count). The smallest absolute Gasteiger partial charge is 0.248 e. The molecular weight excluding hydrogens is 284 g/mol. The van der Waals surface area contributed by atoms with Crippen LogP contribution in [0.15, 0.2) is 0 Å². The SMILES string of the molecule is COCCN1CC2(CCN(C(=O)COC)CC2)C[C@@H]1COC. The summed E-state index contributed by atoms with van der Waals surface area (Å²) in [4.78, 5) is 16.4. The van der Waals surface area contributed by atoms with E-state index in [0.29, 0.717) is 11.5 Å². The summed E-state index contributed by atoms with van der Waals surface area (Å²) in [7, 11) is 5.09. The molecule has 128 valence electrons. The van der Waals surface area contributed by atoms with Gasteiger partial charge in [0.1, 0.15) is 6.61 Å². The molecule has 22 heavy (non-hydrogen) atoms. The second kappa shape index (κ2) is 8.24. The number of piperidine rings is 1. The summed E-state index contributed by atoms with van der Waals surface area (Å²) in [6, 6.07) is 0.473. The average Bonchev–Trinajstić information content (AvgIpc) is 2.84. The van der Waals surface area contributed by atoms with Gasteiger partial charge in [0, 0.05) is 53.6 Å². The molecule has 0 N–H and O–H groups in total. The van der Waals surface area contributed by atoms with E-state index in [1.54, 1.807) is 21.3 Å². The monoisotopic (exact) mass is 314 g/mol. The lowest BCUT2D eigenvalue weighted by Crippen LogP contribution is -2.45. The summed E-state index contributed by atoms with van der Waals surface area (Å²) >= 11 is 0. The lowest BCUT2D eigenvalue weighted by molar-refractivity contribution is -0.137. The largest absolute Gasteiger partial charge is 0.383 e. The van der Waals surface area contributed by atoms with Gasteiger partial charge in [-0.15, -0.1) is 0 Å². The van der Waals surface area contributed by atoms with E-state index in [4.69, 9.17) is 14.2 Å². The number of rotatable bonds is 7. The molecule has 0 aliphatic carbocycles. The van der Waals surface area contributed by atoms with Gasteiger partial charge in [0.05, 0.1) is 13.2 Å². The van der Waals surface area contributed by atoms with Gasteiger partial charge in [-0.05, 0) is 24.7 Å². The van der Waals surface area contributed by atoms with Crippen molar-refractivity contribution in [1.82, 2.24) is 9.80 Å². The van der Waals surface area contributed by atoms with Crippen LogP contribution in [-0.4, -0.2) is 89.1 Å². The number of nitrogens with zero attached hydrogens (tertiary/aromatic N) is 2. The van der Waals surface area contributed by atoms with Gasteiger partial charge in [0.2, 0.25) is 5.91 Å². The average molecular weight is 314 g/mol. The first-order chi connectivity index (χ1) is 10.6. The number of ether oxygens (including phenoxy) is 3. The predicted octanol–water partition coefficient (Wildman–Crippen LogP) is 0.609. The zero-order valence-electron chi connectivity index (χ0n) is 14.2. The summed E-state index contributed by atoms with van der Waals surface area (Å²) in [6.07, 6.45) is 3.31. The maximum atomic E-state index is 11.9. The van der Waals surface area contributed by atoms with Gasteiger partial charge in [-0.2, -0.15) is 0 Å². The van der Waals surface area contributed by atoms with Crippen molar-refractivity contribution in [3.8, 4) is 0 Å². The minimum absolute atomic E-state index is 0.111. The molecule has 0 bridgehead atoms. The quantitative estimate of drug-likeness (QED) is 0.689. The molecule has 6 nitrogen and oxygen atoms in total. The van der Waals surface area contributed by atoms with Crippen molar-refractivity contribution in [1.29, 1.82) is 0 Å². The van der Waals surface area contributed by atoms with E-state index in [1.165, 1.54) is 0 Å². The molecule has 0 aromatic carbocycles. The van der Waals surface area contributed by atoms with E-state index in [0.717, 1.165) is 58.7 Å². The molecule has 0 saturated carbocycles. The van der Waals surface area contributed by atoms with E-state index < -0.39 is 0 Å². The van der Waals surface area contributed by atoms with Gasteiger partial charge in [-0.25, -0.2) is 0 Å². The Labute approximate surface area is 133 Å². The highest BCUT2D eigenvalue weighted by atomic mass is 16.5. The highest BCUT2D eigenvalue weighted by Gasteiger charge is 2.45. The van der Waals surface area contributed by atoms with Crippen LogP contribution >= 0.6 is 0 Å². The highest BCUT2D eigenvalue weighted by molar-refractivity contribution is 5.77. The number of carbonyl (C=O) groups is 1. The number of hydrogen-bond donors (Lipinski definition) is 0. The van der Waals surface area contributed by atoms with Crippen LogP contribution < -0.4 is 0 Å². The Balaban J connectivity index is 1.91. The molecule has 0 aromatic rings. The van der Waals surface area contributed by atoms with Gasteiger partial charge in [-0.3, -0.25) is 9.69 Å². The molecule has 2 aliphatic heterocycles. The Hall–Kier alpha value is -0.690. The molecule has 2 fully saturated rings. The van der Waals surface area contributed by atoms with E-state index in [-0.39, 0.29) is 12.5 Å². The Kier molecular flexibility index (Phi) is 6.62. The normalized spacial score (nSPS) is 25.0. The Bertz CT molecular complexity index is 356. The van der Waals surface area contributed by atoms with Gasteiger partial charge < -0.3 is 19.1 Å². The maximum absolute atomic E-state index is 11.9. The van der Waals surface area contributed by atoms with Crippen molar-refractivity contribution in [2.24, 2.45) is 5.41 Å². The second-order valence-corrected chi connectivity index (χ2v) is 6.59. The van der Waals surface area contributed by atoms with Crippen molar-refractivity contribution in [2.45, 2.75) is 25.3 Å². The lowest BCUT2D eigenvalue weighted by Gasteiger charge is -2.39. The molecule has 1 atom stereocenters. The lowest BCUT2D eigenvalue weighted by atomic mass is 9.76. The Morgan fingerprint density at radius 2 is 1.86 bits per heavy atom. The van der Waals surface area contributed by atoms with Gasteiger partial charge in [0.15, 0.2) is 0 Å². The third-order valence-corrected chi connectivity index (χ3v) is 5.11. The third-order valence-electron chi connectivity index (χ3n) is 5.11. The maximum Gasteiger partial charge on any atom is 0.248 e. The molecule has 0 radical (unpaired) electrons. The van der Waals surface area contributed by atoms with Crippen LogP contribution in [0.1, 0.15) is 19.3 Å². The first-order valence-electron chi connectivity index (χ1n) is 8.13. The third kappa shape index (κ3) is 4.19. The molecule has 2 aliphatic rings. The van der Waals surface area contributed by atoms with E-state index in [1.807, 2.05) is 4.90 Å². The van der Waals surface area contributed by atoms with Crippen molar-refractivity contribution < 1.29 is 19.0 Å². The highest BCUT2D eigenvalue weighted by Crippen LogP contribution is 2.43. The topological polar surface area (TPSA) is 51.2 Å². The first kappa shape index (κ1) is 17.7. The van der Waals surface area contributed by atoms with Crippen molar-refractivity contribution in [2.75, 3.05) is 67.3 Å². The molecule has 1 spiro atoms. The zero-order chi connectivity index (χ0) is 16.0. The molecule has 2 saturated heterocycles.